The highest BCUT2D eigenvalue weighted by atomic mass is 35.5. The molecule has 0 atom stereocenters. The van der Waals surface area contributed by atoms with Crippen LogP contribution < -0.4 is 4.90 Å². The second kappa shape index (κ2) is 7.40. The molecule has 0 aliphatic heterocycles. The number of hydrogen-bond acceptors (Lipinski definition) is 5. The summed E-state index contributed by atoms with van der Waals surface area (Å²) in [6, 6.07) is 16.2. The average Bonchev–Trinajstić information content (AvgIpc) is 3.09. The predicted octanol–water partition coefficient (Wildman–Crippen LogP) is 4.42. The van der Waals surface area contributed by atoms with Gasteiger partial charge in [-0.15, -0.1) is 0 Å². The van der Waals surface area contributed by atoms with Gasteiger partial charge in [0.25, 0.3) is 0 Å². The van der Waals surface area contributed by atoms with Gasteiger partial charge in [-0.05, 0) is 48.5 Å². The molecule has 0 spiro atoms. The topological polar surface area (TPSA) is 55.6 Å². The maximum atomic E-state index is 12.1. The Balaban J connectivity index is 1.61. The van der Waals surface area contributed by atoms with E-state index in [4.69, 9.17) is 20.9 Å². The first-order chi connectivity index (χ1) is 12.0. The van der Waals surface area contributed by atoms with Crippen molar-refractivity contribution in [1.82, 2.24) is 5.16 Å². The van der Waals surface area contributed by atoms with Gasteiger partial charge >= 0.3 is 5.97 Å². The van der Waals surface area contributed by atoms with Gasteiger partial charge in [0, 0.05) is 36.4 Å². The van der Waals surface area contributed by atoms with E-state index in [0.29, 0.717) is 22.0 Å². The number of rotatable bonds is 5. The summed E-state index contributed by atoms with van der Waals surface area (Å²) in [5.74, 6) is 0.194. The van der Waals surface area contributed by atoms with Crippen LogP contribution in [0.3, 0.4) is 0 Å². The third-order valence-corrected chi connectivity index (χ3v) is 3.91. The van der Waals surface area contributed by atoms with Gasteiger partial charge in [-0.25, -0.2) is 4.79 Å². The van der Waals surface area contributed by atoms with Crippen LogP contribution in [-0.2, 0) is 11.3 Å². The van der Waals surface area contributed by atoms with Gasteiger partial charge in [-0.1, -0.05) is 16.8 Å². The predicted molar refractivity (Wildman–Crippen MR) is 96.8 cm³/mol. The van der Waals surface area contributed by atoms with E-state index in [1.54, 1.807) is 30.3 Å². The van der Waals surface area contributed by atoms with Crippen LogP contribution in [0.1, 0.15) is 16.1 Å². The van der Waals surface area contributed by atoms with Crippen molar-refractivity contribution in [1.29, 1.82) is 0 Å². The summed E-state index contributed by atoms with van der Waals surface area (Å²) in [5, 5.41) is 4.58. The summed E-state index contributed by atoms with van der Waals surface area (Å²) in [7, 11) is 3.88. The molecule has 1 heterocycles. The molecule has 0 unspecified atom stereocenters. The number of anilines is 1. The minimum absolute atomic E-state index is 0.0470. The molecule has 0 amide bonds. The number of halogens is 1. The number of nitrogens with zero attached hydrogens (tertiary/aromatic N) is 2. The number of ether oxygens (including phenoxy) is 1. The zero-order valence-electron chi connectivity index (χ0n) is 13.9. The van der Waals surface area contributed by atoms with Crippen molar-refractivity contribution in [3.63, 3.8) is 0 Å². The summed E-state index contributed by atoms with van der Waals surface area (Å²) in [6.45, 7) is 0.0470. The summed E-state index contributed by atoms with van der Waals surface area (Å²) >= 11 is 5.87. The lowest BCUT2D eigenvalue weighted by Gasteiger charge is -2.12. The molecule has 0 aliphatic carbocycles. The van der Waals surface area contributed by atoms with Gasteiger partial charge in [0.15, 0.2) is 5.76 Å². The molecule has 3 aromatic rings. The van der Waals surface area contributed by atoms with E-state index in [-0.39, 0.29) is 6.61 Å². The molecule has 6 heteroatoms. The molecular weight excluding hydrogens is 340 g/mol. The van der Waals surface area contributed by atoms with E-state index in [1.807, 2.05) is 43.3 Å². The monoisotopic (exact) mass is 356 g/mol. The molecule has 0 bridgehead atoms. The third kappa shape index (κ3) is 4.19. The Hall–Kier alpha value is -2.79. The highest BCUT2D eigenvalue weighted by molar-refractivity contribution is 6.30. The SMILES string of the molecule is CN(C)c1ccc(C(=O)OCc2cc(-c3ccc(Cl)cc3)on2)cc1. The summed E-state index contributed by atoms with van der Waals surface area (Å²) in [4.78, 5) is 14.1. The highest BCUT2D eigenvalue weighted by Gasteiger charge is 2.11. The molecule has 128 valence electrons. The molecule has 0 saturated carbocycles. The maximum Gasteiger partial charge on any atom is 0.338 e. The lowest BCUT2D eigenvalue weighted by atomic mass is 10.1. The van der Waals surface area contributed by atoms with Gasteiger partial charge in [0.05, 0.1) is 5.56 Å². The Morgan fingerprint density at radius 3 is 2.44 bits per heavy atom. The second-order valence-electron chi connectivity index (χ2n) is 5.71. The van der Waals surface area contributed by atoms with Crippen molar-refractivity contribution in [2.45, 2.75) is 6.61 Å². The first-order valence-electron chi connectivity index (χ1n) is 7.69. The van der Waals surface area contributed by atoms with Gasteiger partial charge in [0.1, 0.15) is 12.3 Å². The lowest BCUT2D eigenvalue weighted by Crippen LogP contribution is -2.09. The Labute approximate surface area is 150 Å². The molecule has 0 radical (unpaired) electrons. The first kappa shape index (κ1) is 17.0. The lowest BCUT2D eigenvalue weighted by molar-refractivity contribution is 0.0464. The van der Waals surface area contributed by atoms with Crippen LogP contribution in [0.15, 0.2) is 59.1 Å². The van der Waals surface area contributed by atoms with Crippen molar-refractivity contribution < 1.29 is 14.1 Å². The van der Waals surface area contributed by atoms with E-state index in [1.165, 1.54) is 0 Å². The van der Waals surface area contributed by atoms with Gasteiger partial charge in [-0.3, -0.25) is 0 Å². The number of benzene rings is 2. The van der Waals surface area contributed by atoms with Crippen LogP contribution in [0.4, 0.5) is 5.69 Å². The van der Waals surface area contributed by atoms with E-state index >= 15 is 0 Å². The Morgan fingerprint density at radius 2 is 1.80 bits per heavy atom. The number of hydrogen-bond donors (Lipinski definition) is 0. The molecule has 0 aliphatic rings. The van der Waals surface area contributed by atoms with Gasteiger partial charge in [0.2, 0.25) is 0 Å². The van der Waals surface area contributed by atoms with E-state index in [0.717, 1.165) is 11.3 Å². The fraction of sp³-hybridized carbons (Fsp3) is 0.158. The molecule has 25 heavy (non-hydrogen) atoms. The maximum absolute atomic E-state index is 12.1. The molecular formula is C19H17ClN2O3. The van der Waals surface area contributed by atoms with Crippen LogP contribution in [-0.4, -0.2) is 25.2 Å². The van der Waals surface area contributed by atoms with Crippen LogP contribution in [0.2, 0.25) is 5.02 Å². The summed E-state index contributed by atoms with van der Waals surface area (Å²) in [6.07, 6.45) is 0. The smallest absolute Gasteiger partial charge is 0.338 e. The molecule has 0 saturated heterocycles. The molecule has 1 aromatic heterocycles. The van der Waals surface area contributed by atoms with Crippen LogP contribution >= 0.6 is 11.6 Å². The minimum Gasteiger partial charge on any atom is -0.455 e. The molecule has 0 fully saturated rings. The van der Waals surface area contributed by atoms with Crippen LogP contribution in [0.5, 0.6) is 0 Å². The van der Waals surface area contributed by atoms with E-state index < -0.39 is 5.97 Å². The van der Waals surface area contributed by atoms with E-state index in [9.17, 15) is 4.79 Å². The second-order valence-corrected chi connectivity index (χ2v) is 6.14. The largest absolute Gasteiger partial charge is 0.455 e. The Kier molecular flexibility index (Phi) is 5.05. The van der Waals surface area contributed by atoms with Crippen LogP contribution in [0, 0.1) is 0 Å². The Bertz CT molecular complexity index is 855. The van der Waals surface area contributed by atoms with Crippen molar-refractivity contribution >= 4 is 23.3 Å². The fourth-order valence-electron chi connectivity index (χ4n) is 2.25. The average molecular weight is 357 g/mol. The highest BCUT2D eigenvalue weighted by Crippen LogP contribution is 2.22. The number of esters is 1. The Morgan fingerprint density at radius 1 is 1.12 bits per heavy atom. The first-order valence-corrected chi connectivity index (χ1v) is 8.07. The van der Waals surface area contributed by atoms with Crippen molar-refractivity contribution in [2.75, 3.05) is 19.0 Å². The van der Waals surface area contributed by atoms with Crippen LogP contribution in [0.25, 0.3) is 11.3 Å². The van der Waals surface area contributed by atoms with Crippen molar-refractivity contribution in [2.24, 2.45) is 0 Å². The zero-order chi connectivity index (χ0) is 17.8. The molecule has 5 nitrogen and oxygen atoms in total. The van der Waals surface area contributed by atoms with Gasteiger partial charge in [-0.2, -0.15) is 0 Å². The third-order valence-electron chi connectivity index (χ3n) is 3.66. The molecule has 3 rings (SSSR count). The number of aromatic nitrogens is 1. The minimum atomic E-state index is -0.402. The summed E-state index contributed by atoms with van der Waals surface area (Å²) < 4.78 is 10.6. The van der Waals surface area contributed by atoms with Crippen molar-refractivity contribution in [3.8, 4) is 11.3 Å². The molecule has 2 aromatic carbocycles. The summed E-state index contributed by atoms with van der Waals surface area (Å²) in [5.41, 5.74) is 2.91. The van der Waals surface area contributed by atoms with Crippen molar-refractivity contribution in [3.05, 3.63) is 70.9 Å². The quantitative estimate of drug-likeness (QED) is 0.633. The standard InChI is InChI=1S/C19H17ClN2O3/c1-22(2)17-9-5-14(6-10-17)19(23)24-12-16-11-18(25-21-16)13-3-7-15(20)8-4-13/h3-11H,12H2,1-2H3. The number of carbonyl (C=O) groups excluding carboxylic acids is 1. The normalized spacial score (nSPS) is 10.5. The van der Waals surface area contributed by atoms with Gasteiger partial charge < -0.3 is 14.2 Å². The number of carbonyl (C=O) groups is 1. The zero-order valence-corrected chi connectivity index (χ0v) is 14.7. The molecule has 0 N–H and O–H groups in total. The fourth-order valence-corrected chi connectivity index (χ4v) is 2.37. The van der Waals surface area contributed by atoms with E-state index in [2.05, 4.69) is 5.16 Å².